The minimum Gasteiger partial charge on any atom is -0.424 e. The molecule has 0 saturated heterocycles. The van der Waals surface area contributed by atoms with Crippen molar-refractivity contribution in [3.05, 3.63) is 23.1 Å². The van der Waals surface area contributed by atoms with Crippen LogP contribution in [-0.4, -0.2) is 14.0 Å². The van der Waals surface area contributed by atoms with Gasteiger partial charge in [-0.25, -0.2) is 4.79 Å². The third-order valence-electron chi connectivity index (χ3n) is 5.25. The minimum atomic E-state index is -1.69. The molecule has 0 aromatic carbocycles. The Balaban J connectivity index is 3.14. The lowest BCUT2D eigenvalue weighted by Gasteiger charge is -2.40. The van der Waals surface area contributed by atoms with Crippen LogP contribution in [0.5, 0.6) is 0 Å². The quantitative estimate of drug-likeness (QED) is 0.304. The Kier molecular flexibility index (Phi) is 7.11. The highest BCUT2D eigenvalue weighted by molar-refractivity contribution is 6.88. The van der Waals surface area contributed by atoms with Crippen molar-refractivity contribution in [1.29, 1.82) is 0 Å². The van der Waals surface area contributed by atoms with E-state index in [1.807, 2.05) is 0 Å². The summed E-state index contributed by atoms with van der Waals surface area (Å²) < 4.78 is 5.57. The fourth-order valence-electron chi connectivity index (χ4n) is 4.03. The molecule has 1 aliphatic heterocycles. The predicted octanol–water partition coefficient (Wildman–Crippen LogP) is 6.15. The Hall–Kier alpha value is -0.833. The van der Waals surface area contributed by atoms with Gasteiger partial charge in [-0.2, -0.15) is 0 Å². The first kappa shape index (κ1) is 19.2. The molecule has 1 heterocycles. The van der Waals surface area contributed by atoms with Crippen LogP contribution in [0, 0.1) is 0 Å². The molecule has 22 heavy (non-hydrogen) atoms. The van der Waals surface area contributed by atoms with Gasteiger partial charge in [-0.3, -0.25) is 0 Å². The van der Waals surface area contributed by atoms with Gasteiger partial charge in [-0.05, 0) is 29.5 Å². The van der Waals surface area contributed by atoms with Crippen LogP contribution >= 0.6 is 0 Å². The van der Waals surface area contributed by atoms with E-state index < -0.39 is 8.07 Å². The van der Waals surface area contributed by atoms with Crippen LogP contribution in [0.2, 0.25) is 16.6 Å². The molecule has 1 aliphatic rings. The lowest BCUT2D eigenvalue weighted by Crippen LogP contribution is -2.43. The molecule has 126 valence electrons. The number of esters is 1. The van der Waals surface area contributed by atoms with Crippen molar-refractivity contribution in [3.8, 4) is 0 Å². The fraction of sp³-hybridized carbons (Fsp3) is 0.737. The summed E-state index contributed by atoms with van der Waals surface area (Å²) in [5.41, 5.74) is 5.43. The van der Waals surface area contributed by atoms with Gasteiger partial charge in [0.2, 0.25) is 0 Å². The summed E-state index contributed by atoms with van der Waals surface area (Å²) in [7, 11) is -1.69. The first-order valence-electron chi connectivity index (χ1n) is 8.91. The zero-order chi connectivity index (χ0) is 16.9. The molecule has 0 aromatic rings. The van der Waals surface area contributed by atoms with Gasteiger partial charge >= 0.3 is 5.97 Å². The summed E-state index contributed by atoms with van der Waals surface area (Å²) in [5, 5.41) is 0. The van der Waals surface area contributed by atoms with Crippen molar-refractivity contribution < 1.29 is 9.53 Å². The van der Waals surface area contributed by atoms with Gasteiger partial charge in [0.15, 0.2) is 0 Å². The predicted molar refractivity (Wildman–Crippen MR) is 97.4 cm³/mol. The Morgan fingerprint density at radius 2 is 1.59 bits per heavy atom. The normalized spacial score (nSPS) is 17.8. The second-order valence-electron chi connectivity index (χ2n) is 7.52. The van der Waals surface area contributed by atoms with E-state index in [-0.39, 0.29) is 5.97 Å². The lowest BCUT2D eigenvalue weighted by atomic mass is 10.1. The van der Waals surface area contributed by atoms with E-state index in [2.05, 4.69) is 54.2 Å². The van der Waals surface area contributed by atoms with Gasteiger partial charge in [0.25, 0.3) is 0 Å². The number of rotatable bonds is 8. The molecule has 0 aromatic heterocycles. The molecule has 0 bridgehead atoms. The summed E-state index contributed by atoms with van der Waals surface area (Å²) in [4.78, 5) is 11.8. The Morgan fingerprint density at radius 1 is 1.05 bits per heavy atom. The topological polar surface area (TPSA) is 26.3 Å². The van der Waals surface area contributed by atoms with Gasteiger partial charge in [-0.15, -0.1) is 0 Å². The van der Waals surface area contributed by atoms with Crippen molar-refractivity contribution in [3.63, 3.8) is 0 Å². The number of carbonyl (C=O) groups is 1. The molecule has 0 fully saturated rings. The molecule has 1 rings (SSSR count). The Labute approximate surface area is 138 Å². The molecule has 2 nitrogen and oxygen atoms in total. The van der Waals surface area contributed by atoms with E-state index in [1.54, 1.807) is 6.08 Å². The van der Waals surface area contributed by atoms with Crippen molar-refractivity contribution in [2.45, 2.75) is 90.8 Å². The molecule has 0 unspecified atom stereocenters. The number of hydrogen-bond donors (Lipinski definition) is 0. The number of allylic oxidation sites excluding steroid dienone is 1. The van der Waals surface area contributed by atoms with E-state index >= 15 is 0 Å². The summed E-state index contributed by atoms with van der Waals surface area (Å²) >= 11 is 0. The molecule has 0 radical (unpaired) electrons. The Bertz CT molecular complexity index is 423. The highest BCUT2D eigenvalue weighted by Crippen LogP contribution is 2.44. The van der Waals surface area contributed by atoms with Crippen molar-refractivity contribution in [2.24, 2.45) is 0 Å². The smallest absolute Gasteiger partial charge is 0.336 e. The maximum absolute atomic E-state index is 11.8. The standard InChI is InChI=1S/C19H34O2Si/c1-8-9-10-11-17-12-19(20)21-18(17)13-22(14(2)3,15(4)5)16(6)7/h12-16H,8-11H2,1-7H3/b18-13-. The largest absolute Gasteiger partial charge is 0.424 e. The van der Waals surface area contributed by atoms with Gasteiger partial charge in [0.1, 0.15) is 5.76 Å². The number of ether oxygens (including phenoxy) is 1. The monoisotopic (exact) mass is 322 g/mol. The van der Waals surface area contributed by atoms with E-state index in [0.717, 1.165) is 24.2 Å². The van der Waals surface area contributed by atoms with E-state index in [1.165, 1.54) is 12.8 Å². The number of carbonyl (C=O) groups excluding carboxylic acids is 1. The first-order chi connectivity index (χ1) is 10.3. The zero-order valence-corrected chi connectivity index (χ0v) is 16.5. The van der Waals surface area contributed by atoms with Gasteiger partial charge in [0, 0.05) is 11.6 Å². The van der Waals surface area contributed by atoms with Gasteiger partial charge < -0.3 is 4.74 Å². The summed E-state index contributed by atoms with van der Waals surface area (Å²) in [6, 6.07) is 0. The zero-order valence-electron chi connectivity index (χ0n) is 15.5. The summed E-state index contributed by atoms with van der Waals surface area (Å²) in [6.45, 7) is 16.2. The third kappa shape index (κ3) is 4.12. The fourth-order valence-corrected chi connectivity index (χ4v) is 9.73. The van der Waals surface area contributed by atoms with Crippen molar-refractivity contribution in [1.82, 2.24) is 0 Å². The highest BCUT2D eigenvalue weighted by Gasteiger charge is 2.42. The maximum Gasteiger partial charge on any atom is 0.336 e. The van der Waals surface area contributed by atoms with Crippen LogP contribution in [-0.2, 0) is 9.53 Å². The van der Waals surface area contributed by atoms with Gasteiger partial charge in [-0.1, -0.05) is 67.0 Å². The molecule has 0 aliphatic carbocycles. The van der Waals surface area contributed by atoms with E-state index in [0.29, 0.717) is 16.6 Å². The summed E-state index contributed by atoms with van der Waals surface area (Å²) in [5.74, 6) is 0.695. The molecular formula is C19H34O2Si. The molecule has 0 spiro atoms. The highest BCUT2D eigenvalue weighted by atomic mass is 28.3. The molecule has 0 saturated carbocycles. The van der Waals surface area contributed by atoms with Crippen LogP contribution in [0.15, 0.2) is 23.1 Å². The Morgan fingerprint density at radius 3 is 2.05 bits per heavy atom. The average molecular weight is 323 g/mol. The van der Waals surface area contributed by atoms with Crippen LogP contribution in [0.1, 0.15) is 74.1 Å². The second kappa shape index (κ2) is 8.14. The van der Waals surface area contributed by atoms with Crippen LogP contribution < -0.4 is 0 Å². The average Bonchev–Trinajstić information content (AvgIpc) is 2.75. The van der Waals surface area contributed by atoms with Crippen LogP contribution in [0.4, 0.5) is 0 Å². The molecule has 0 atom stereocenters. The molecule has 0 amide bonds. The number of cyclic esters (lactones) is 1. The minimum absolute atomic E-state index is 0.183. The van der Waals surface area contributed by atoms with E-state index in [9.17, 15) is 4.79 Å². The molecular weight excluding hydrogens is 288 g/mol. The van der Waals surface area contributed by atoms with E-state index in [4.69, 9.17) is 4.74 Å². The molecule has 3 heteroatoms. The van der Waals surface area contributed by atoms with Crippen LogP contribution in [0.25, 0.3) is 0 Å². The molecule has 0 N–H and O–H groups in total. The lowest BCUT2D eigenvalue weighted by molar-refractivity contribution is -0.132. The first-order valence-corrected chi connectivity index (χ1v) is 11.2. The number of hydrogen-bond acceptors (Lipinski definition) is 2. The third-order valence-corrected chi connectivity index (χ3v) is 12.0. The second-order valence-corrected chi connectivity index (χ2v) is 13.3. The maximum atomic E-state index is 11.8. The summed E-state index contributed by atoms with van der Waals surface area (Å²) in [6.07, 6.45) is 6.21. The number of unbranched alkanes of at least 4 members (excludes halogenated alkanes) is 2. The van der Waals surface area contributed by atoms with Crippen LogP contribution in [0.3, 0.4) is 0 Å². The van der Waals surface area contributed by atoms with Crippen molar-refractivity contribution in [2.75, 3.05) is 0 Å². The van der Waals surface area contributed by atoms with Gasteiger partial charge in [0.05, 0.1) is 8.07 Å². The SMILES string of the molecule is CCCCCC1=CC(=O)O/C1=C\[Si](C(C)C)(C(C)C)C(C)C. The van der Waals surface area contributed by atoms with Crippen molar-refractivity contribution >= 4 is 14.0 Å².